The van der Waals surface area contributed by atoms with Gasteiger partial charge in [-0.2, -0.15) is 4.74 Å². The molecular formula is C19H20N2O2. The summed E-state index contributed by atoms with van der Waals surface area (Å²) in [6, 6.07) is 18.5. The molecule has 1 heterocycles. The Morgan fingerprint density at radius 2 is 1.65 bits per heavy atom. The lowest BCUT2D eigenvalue weighted by atomic mass is 9.80. The highest BCUT2D eigenvalue weighted by Gasteiger charge is 2.47. The summed E-state index contributed by atoms with van der Waals surface area (Å²) >= 11 is 0. The third-order valence-electron chi connectivity index (χ3n) is 4.39. The lowest BCUT2D eigenvalue weighted by Crippen LogP contribution is -2.29. The Kier molecular flexibility index (Phi) is 3.90. The van der Waals surface area contributed by atoms with Crippen molar-refractivity contribution in [2.75, 3.05) is 0 Å². The van der Waals surface area contributed by atoms with Crippen LogP contribution in [0.1, 0.15) is 31.4 Å². The van der Waals surface area contributed by atoms with Crippen LogP contribution in [0.2, 0.25) is 0 Å². The second-order valence-corrected chi connectivity index (χ2v) is 6.50. The Labute approximate surface area is 136 Å². The summed E-state index contributed by atoms with van der Waals surface area (Å²) < 4.78 is 1.01. The van der Waals surface area contributed by atoms with Gasteiger partial charge in [0.05, 0.1) is 5.41 Å². The van der Waals surface area contributed by atoms with E-state index in [0.717, 1.165) is 21.6 Å². The molecule has 0 radical (unpaired) electrons. The zero-order valence-corrected chi connectivity index (χ0v) is 13.3. The van der Waals surface area contributed by atoms with Gasteiger partial charge >= 0.3 is 0 Å². The van der Waals surface area contributed by atoms with Gasteiger partial charge in [0.2, 0.25) is 11.8 Å². The highest BCUT2D eigenvalue weighted by Crippen LogP contribution is 2.36. The van der Waals surface area contributed by atoms with E-state index in [1.807, 2.05) is 60.7 Å². The van der Waals surface area contributed by atoms with E-state index in [9.17, 15) is 10.4 Å². The van der Waals surface area contributed by atoms with Crippen LogP contribution in [0.4, 0.5) is 0 Å². The van der Waals surface area contributed by atoms with E-state index in [2.05, 4.69) is 19.0 Å². The van der Waals surface area contributed by atoms with Gasteiger partial charge in [0.25, 0.3) is 0 Å². The molecule has 0 saturated carbocycles. The topological polar surface area (TPSA) is 58.7 Å². The number of hydrogen-bond acceptors (Lipinski definition) is 3. The first-order chi connectivity index (χ1) is 11.0. The van der Waals surface area contributed by atoms with E-state index >= 15 is 0 Å². The third kappa shape index (κ3) is 2.72. The molecule has 118 valence electrons. The van der Waals surface area contributed by atoms with Crippen molar-refractivity contribution in [2.24, 2.45) is 10.6 Å². The molecule has 2 aromatic carbocycles. The van der Waals surface area contributed by atoms with Gasteiger partial charge in [-0.3, -0.25) is 0 Å². The number of benzene rings is 2. The first kappa shape index (κ1) is 15.3. The SMILES string of the molecule is CC1(C)C[C@H](/C(=N/O)c2ccccc2)[N+]([O-])=C1c1ccccc1. The van der Waals surface area contributed by atoms with E-state index in [1.54, 1.807) is 0 Å². The highest BCUT2D eigenvalue weighted by atomic mass is 16.5. The molecule has 1 aliphatic rings. The highest BCUT2D eigenvalue weighted by molar-refractivity contribution is 6.08. The lowest BCUT2D eigenvalue weighted by molar-refractivity contribution is -0.471. The maximum absolute atomic E-state index is 13.0. The summed E-state index contributed by atoms with van der Waals surface area (Å²) in [5.41, 5.74) is 2.55. The molecule has 1 aliphatic heterocycles. The minimum atomic E-state index is -0.493. The number of rotatable bonds is 3. The summed E-state index contributed by atoms with van der Waals surface area (Å²) in [5.74, 6) is 0. The number of hydrogen-bond donors (Lipinski definition) is 1. The van der Waals surface area contributed by atoms with Gasteiger partial charge in [0.1, 0.15) is 0 Å². The van der Waals surface area contributed by atoms with Crippen LogP contribution in [0, 0.1) is 10.6 Å². The monoisotopic (exact) mass is 308 g/mol. The first-order valence-electron chi connectivity index (χ1n) is 7.71. The van der Waals surface area contributed by atoms with E-state index in [-0.39, 0.29) is 5.41 Å². The summed E-state index contributed by atoms with van der Waals surface area (Å²) in [7, 11) is 0. The molecule has 0 aliphatic carbocycles. The summed E-state index contributed by atoms with van der Waals surface area (Å²) in [6.45, 7) is 4.11. The molecule has 0 bridgehead atoms. The molecule has 4 nitrogen and oxygen atoms in total. The fourth-order valence-corrected chi connectivity index (χ4v) is 3.36. The molecule has 4 heteroatoms. The molecule has 0 unspecified atom stereocenters. The lowest BCUT2D eigenvalue weighted by Gasteiger charge is -2.15. The minimum absolute atomic E-state index is 0.293. The fraction of sp³-hybridized carbons (Fsp3) is 0.263. The molecule has 0 fully saturated rings. The van der Waals surface area contributed by atoms with Gasteiger partial charge in [-0.15, -0.1) is 0 Å². The molecule has 0 spiro atoms. The summed E-state index contributed by atoms with van der Waals surface area (Å²) in [6.07, 6.45) is 0.606. The van der Waals surface area contributed by atoms with Crippen molar-refractivity contribution in [3.05, 3.63) is 77.0 Å². The standard InChI is InChI=1S/C19H20N2O2/c1-19(2)13-16(17(20-22)14-9-5-3-6-10-14)21(23)18(19)15-11-7-4-8-12-15/h3-12,16,22H,13H2,1-2H3/b20-17+/t16-/m1/s1. The molecule has 1 atom stereocenters. The Balaban J connectivity index is 2.07. The predicted octanol–water partition coefficient (Wildman–Crippen LogP) is 3.66. The van der Waals surface area contributed by atoms with Crippen LogP contribution >= 0.6 is 0 Å². The third-order valence-corrected chi connectivity index (χ3v) is 4.39. The molecule has 0 saturated heterocycles. The van der Waals surface area contributed by atoms with Crippen LogP contribution < -0.4 is 0 Å². The second kappa shape index (κ2) is 5.88. The Morgan fingerprint density at radius 1 is 1.09 bits per heavy atom. The predicted molar refractivity (Wildman–Crippen MR) is 91.1 cm³/mol. The van der Waals surface area contributed by atoms with Gasteiger partial charge in [-0.1, -0.05) is 53.7 Å². The molecule has 2 aromatic rings. The average molecular weight is 308 g/mol. The van der Waals surface area contributed by atoms with Crippen molar-refractivity contribution >= 4 is 11.4 Å². The minimum Gasteiger partial charge on any atom is -0.623 e. The van der Waals surface area contributed by atoms with Gasteiger partial charge in [-0.25, -0.2) is 0 Å². The number of oxime groups is 1. The van der Waals surface area contributed by atoms with Crippen molar-refractivity contribution in [1.29, 1.82) is 0 Å². The smallest absolute Gasteiger partial charge is 0.210 e. The summed E-state index contributed by atoms with van der Waals surface area (Å²) in [4.78, 5) is 0. The van der Waals surface area contributed by atoms with Crippen molar-refractivity contribution in [2.45, 2.75) is 26.3 Å². The molecular weight excluding hydrogens is 288 g/mol. The van der Waals surface area contributed by atoms with E-state index in [1.165, 1.54) is 0 Å². The van der Waals surface area contributed by atoms with Gasteiger partial charge in [-0.05, 0) is 26.0 Å². The van der Waals surface area contributed by atoms with E-state index in [4.69, 9.17) is 0 Å². The van der Waals surface area contributed by atoms with Crippen LogP contribution in [0.5, 0.6) is 0 Å². The average Bonchev–Trinajstić information content (AvgIpc) is 2.79. The molecule has 23 heavy (non-hydrogen) atoms. The number of hydroxylamine groups is 1. The molecule has 3 rings (SSSR count). The number of nitrogens with zero attached hydrogens (tertiary/aromatic N) is 2. The van der Waals surface area contributed by atoms with Crippen LogP contribution in [-0.2, 0) is 0 Å². The van der Waals surface area contributed by atoms with Gasteiger partial charge in [0, 0.05) is 17.5 Å². The van der Waals surface area contributed by atoms with E-state index in [0.29, 0.717) is 12.1 Å². The summed E-state index contributed by atoms with van der Waals surface area (Å²) in [5, 5.41) is 25.9. The van der Waals surface area contributed by atoms with Gasteiger partial charge in [0.15, 0.2) is 5.71 Å². The van der Waals surface area contributed by atoms with Crippen molar-refractivity contribution in [3.8, 4) is 0 Å². The van der Waals surface area contributed by atoms with Crippen LogP contribution in [0.15, 0.2) is 65.8 Å². The molecule has 0 amide bonds. The van der Waals surface area contributed by atoms with Crippen molar-refractivity contribution < 1.29 is 9.95 Å². The van der Waals surface area contributed by atoms with Crippen LogP contribution in [-0.4, -0.2) is 27.4 Å². The first-order valence-corrected chi connectivity index (χ1v) is 7.71. The molecule has 1 N–H and O–H groups in total. The normalized spacial score (nSPS) is 20.8. The maximum atomic E-state index is 13.0. The Hall–Kier alpha value is -2.62. The second-order valence-electron chi connectivity index (χ2n) is 6.50. The quantitative estimate of drug-likeness (QED) is 0.309. The zero-order valence-electron chi connectivity index (χ0n) is 13.3. The van der Waals surface area contributed by atoms with Gasteiger partial charge < -0.3 is 10.4 Å². The van der Waals surface area contributed by atoms with Crippen molar-refractivity contribution in [1.82, 2.24) is 0 Å². The van der Waals surface area contributed by atoms with Crippen LogP contribution in [0.3, 0.4) is 0 Å². The fourth-order valence-electron chi connectivity index (χ4n) is 3.36. The van der Waals surface area contributed by atoms with E-state index < -0.39 is 6.04 Å². The molecule has 0 aromatic heterocycles. The van der Waals surface area contributed by atoms with Crippen LogP contribution in [0.25, 0.3) is 0 Å². The largest absolute Gasteiger partial charge is 0.623 e. The maximum Gasteiger partial charge on any atom is 0.210 e. The Bertz CT molecular complexity index is 749. The van der Waals surface area contributed by atoms with Crippen molar-refractivity contribution in [3.63, 3.8) is 0 Å². The zero-order chi connectivity index (χ0) is 16.4. The Morgan fingerprint density at radius 3 is 2.22 bits per heavy atom.